The number of halogens is 1. The van der Waals surface area contributed by atoms with Crippen LogP contribution in [0.2, 0.25) is 5.02 Å². The Labute approximate surface area is 176 Å². The zero-order chi connectivity index (χ0) is 21.5. The van der Waals surface area contributed by atoms with Gasteiger partial charge in [-0.15, -0.1) is 0 Å². The van der Waals surface area contributed by atoms with Crippen LogP contribution in [0.1, 0.15) is 32.0 Å². The Morgan fingerprint density at radius 3 is 2.23 bits per heavy atom. The molecule has 0 spiro atoms. The molecule has 0 unspecified atom stereocenters. The fourth-order valence-electron chi connectivity index (χ4n) is 2.42. The van der Waals surface area contributed by atoms with Gasteiger partial charge in [0.2, 0.25) is 0 Å². The molecule has 3 rings (SSSR count). The third kappa shape index (κ3) is 5.49. The molecule has 0 aliphatic carbocycles. The van der Waals surface area contributed by atoms with Crippen LogP contribution in [-0.4, -0.2) is 21.7 Å². The molecule has 0 saturated heterocycles. The molecule has 8 nitrogen and oxygen atoms in total. The van der Waals surface area contributed by atoms with Gasteiger partial charge in [-0.1, -0.05) is 29.8 Å². The van der Waals surface area contributed by atoms with Gasteiger partial charge in [0, 0.05) is 28.9 Å². The molecule has 150 valence electrons. The summed E-state index contributed by atoms with van der Waals surface area (Å²) < 4.78 is 0. The van der Waals surface area contributed by atoms with Crippen molar-refractivity contribution in [3.63, 3.8) is 0 Å². The van der Waals surface area contributed by atoms with Crippen LogP contribution < -0.4 is 10.9 Å². The zero-order valence-corrected chi connectivity index (χ0v) is 16.2. The van der Waals surface area contributed by atoms with Crippen LogP contribution >= 0.6 is 11.6 Å². The molecular formula is C21H15ClN4O4. The van der Waals surface area contributed by atoms with E-state index in [0.29, 0.717) is 21.8 Å². The lowest BCUT2D eigenvalue weighted by Crippen LogP contribution is -2.41. The van der Waals surface area contributed by atoms with Crippen LogP contribution in [0.15, 0.2) is 66.9 Å². The number of rotatable bonds is 5. The third-order valence-electron chi connectivity index (χ3n) is 3.97. The second-order valence-electron chi connectivity index (χ2n) is 6.07. The van der Waals surface area contributed by atoms with E-state index in [1.165, 1.54) is 30.5 Å². The van der Waals surface area contributed by atoms with Gasteiger partial charge >= 0.3 is 0 Å². The van der Waals surface area contributed by atoms with Crippen molar-refractivity contribution in [3.8, 4) is 0 Å². The zero-order valence-electron chi connectivity index (χ0n) is 15.4. The van der Waals surface area contributed by atoms with Crippen LogP contribution in [0.3, 0.4) is 0 Å². The van der Waals surface area contributed by atoms with Gasteiger partial charge in [-0.2, -0.15) is 0 Å². The molecule has 3 aromatic rings. The number of hydrogen-bond acceptors (Lipinski definition) is 5. The van der Waals surface area contributed by atoms with Crippen LogP contribution in [0.25, 0.3) is 12.2 Å². The van der Waals surface area contributed by atoms with Crippen molar-refractivity contribution in [1.29, 1.82) is 0 Å². The number of non-ortho nitro benzene ring substituents is 1. The molecular weight excluding hydrogens is 408 g/mol. The van der Waals surface area contributed by atoms with Gasteiger partial charge in [-0.25, -0.2) is 0 Å². The maximum Gasteiger partial charge on any atom is 0.271 e. The van der Waals surface area contributed by atoms with Gasteiger partial charge in [-0.05, 0) is 48.0 Å². The molecule has 1 heterocycles. The summed E-state index contributed by atoms with van der Waals surface area (Å²) in [7, 11) is 0. The molecule has 2 amide bonds. The van der Waals surface area contributed by atoms with Crippen molar-refractivity contribution in [2.75, 3.05) is 0 Å². The van der Waals surface area contributed by atoms with Crippen LogP contribution in [-0.2, 0) is 0 Å². The highest BCUT2D eigenvalue weighted by atomic mass is 35.5. The molecule has 2 aromatic carbocycles. The summed E-state index contributed by atoms with van der Waals surface area (Å²) in [5.41, 5.74) is 6.43. The smallest absolute Gasteiger partial charge is 0.267 e. The average Bonchev–Trinajstić information content (AvgIpc) is 2.77. The fourth-order valence-corrected chi connectivity index (χ4v) is 2.55. The minimum absolute atomic E-state index is 0.00206. The molecule has 1 aromatic heterocycles. The van der Waals surface area contributed by atoms with Gasteiger partial charge in [0.05, 0.1) is 16.2 Å². The number of nitrogens with zero attached hydrogens (tertiary/aromatic N) is 2. The van der Waals surface area contributed by atoms with E-state index in [9.17, 15) is 19.7 Å². The lowest BCUT2D eigenvalue weighted by Gasteiger charge is -2.07. The van der Waals surface area contributed by atoms with E-state index in [1.54, 1.807) is 48.6 Å². The Bertz CT molecular complexity index is 1110. The van der Waals surface area contributed by atoms with Crippen LogP contribution in [0.5, 0.6) is 0 Å². The van der Waals surface area contributed by atoms with Crippen molar-refractivity contribution in [1.82, 2.24) is 15.8 Å². The van der Waals surface area contributed by atoms with E-state index in [-0.39, 0.29) is 11.3 Å². The van der Waals surface area contributed by atoms with Crippen LogP contribution in [0.4, 0.5) is 5.69 Å². The lowest BCUT2D eigenvalue weighted by atomic mass is 10.1. The number of hydrogen-bond donors (Lipinski definition) is 2. The second kappa shape index (κ2) is 9.44. The van der Waals surface area contributed by atoms with Crippen LogP contribution in [0, 0.1) is 10.1 Å². The molecule has 0 fully saturated rings. The number of benzene rings is 2. The number of amides is 2. The monoisotopic (exact) mass is 422 g/mol. The molecule has 2 N–H and O–H groups in total. The molecule has 0 bridgehead atoms. The highest BCUT2D eigenvalue weighted by molar-refractivity contribution is 6.30. The van der Waals surface area contributed by atoms with Gasteiger partial charge in [0.15, 0.2) is 0 Å². The first-order valence-corrected chi connectivity index (χ1v) is 9.05. The Morgan fingerprint density at radius 1 is 0.933 bits per heavy atom. The highest BCUT2D eigenvalue weighted by Crippen LogP contribution is 2.15. The first-order valence-electron chi connectivity index (χ1n) is 8.67. The third-order valence-corrected chi connectivity index (χ3v) is 4.22. The minimum atomic E-state index is -0.529. The van der Waals surface area contributed by atoms with E-state index in [2.05, 4.69) is 15.8 Å². The quantitative estimate of drug-likeness (QED) is 0.478. The Morgan fingerprint density at radius 2 is 1.60 bits per heavy atom. The van der Waals surface area contributed by atoms with E-state index < -0.39 is 16.7 Å². The number of nitrogens with one attached hydrogen (secondary N) is 2. The predicted octanol–water partition coefficient (Wildman–Crippen LogP) is 3.89. The lowest BCUT2D eigenvalue weighted by molar-refractivity contribution is -0.384. The number of aromatic nitrogens is 1. The summed E-state index contributed by atoms with van der Waals surface area (Å²) >= 11 is 5.77. The van der Waals surface area contributed by atoms with Crippen molar-refractivity contribution in [2.24, 2.45) is 0 Å². The van der Waals surface area contributed by atoms with Crippen molar-refractivity contribution in [3.05, 3.63) is 104 Å². The molecule has 0 aliphatic heterocycles. The number of hydrazine groups is 1. The summed E-state index contributed by atoms with van der Waals surface area (Å²) in [6.07, 6.45) is 4.71. The highest BCUT2D eigenvalue weighted by Gasteiger charge is 2.09. The molecule has 0 aliphatic rings. The SMILES string of the molecule is O=C(NNC(=O)c1ccc(/C=C/c2cccc([N+](=O)[O-])c2)nc1)c1ccc(Cl)cc1. The predicted molar refractivity (Wildman–Crippen MR) is 113 cm³/mol. The second-order valence-corrected chi connectivity index (χ2v) is 6.51. The Balaban J connectivity index is 1.58. The topological polar surface area (TPSA) is 114 Å². The van der Waals surface area contributed by atoms with Gasteiger partial charge in [0.25, 0.3) is 17.5 Å². The van der Waals surface area contributed by atoms with Crippen molar-refractivity contribution >= 4 is 41.3 Å². The number of carbonyl (C=O) groups is 2. The van der Waals surface area contributed by atoms with Gasteiger partial charge in [-0.3, -0.25) is 35.5 Å². The summed E-state index contributed by atoms with van der Waals surface area (Å²) in [6.45, 7) is 0. The summed E-state index contributed by atoms with van der Waals surface area (Å²) in [5, 5.41) is 11.3. The van der Waals surface area contributed by atoms with E-state index in [0.717, 1.165) is 0 Å². The molecule has 30 heavy (non-hydrogen) atoms. The van der Waals surface area contributed by atoms with Gasteiger partial charge < -0.3 is 0 Å². The van der Waals surface area contributed by atoms with E-state index in [1.807, 2.05) is 0 Å². The molecule has 9 heteroatoms. The number of pyridine rings is 1. The molecule has 0 saturated carbocycles. The van der Waals surface area contributed by atoms with Gasteiger partial charge in [0.1, 0.15) is 0 Å². The summed E-state index contributed by atoms with van der Waals surface area (Å²) in [4.78, 5) is 38.7. The standard InChI is InChI=1S/C21H15ClN4O4/c22-17-8-5-15(6-9-17)20(27)24-25-21(28)16-7-11-18(23-13-16)10-4-14-2-1-3-19(12-14)26(29)30/h1-13H,(H,24,27)(H,25,28)/b10-4+. The van der Waals surface area contributed by atoms with Crippen molar-refractivity contribution < 1.29 is 14.5 Å². The molecule has 0 atom stereocenters. The maximum absolute atomic E-state index is 12.2. The number of nitro benzene ring substituents is 1. The largest absolute Gasteiger partial charge is 0.271 e. The minimum Gasteiger partial charge on any atom is -0.267 e. The van der Waals surface area contributed by atoms with E-state index in [4.69, 9.17) is 11.6 Å². The van der Waals surface area contributed by atoms with E-state index >= 15 is 0 Å². The Hall–Kier alpha value is -4.04. The summed E-state index contributed by atoms with van der Waals surface area (Å²) in [5.74, 6) is -1.01. The first-order chi connectivity index (χ1) is 14.4. The maximum atomic E-state index is 12.2. The molecule has 0 radical (unpaired) electrons. The van der Waals surface area contributed by atoms with Crippen molar-refractivity contribution in [2.45, 2.75) is 0 Å². The number of nitro groups is 1. The normalized spacial score (nSPS) is 10.6. The fraction of sp³-hybridized carbons (Fsp3) is 0. The first kappa shape index (κ1) is 20.7. The average molecular weight is 423 g/mol. The Kier molecular flexibility index (Phi) is 6.51. The summed E-state index contributed by atoms with van der Waals surface area (Å²) in [6, 6.07) is 15.6. The number of carbonyl (C=O) groups excluding carboxylic acids is 2.